The third-order valence-corrected chi connectivity index (χ3v) is 4.46. The van der Waals surface area contributed by atoms with Crippen molar-refractivity contribution >= 4 is 28.9 Å². The predicted octanol–water partition coefficient (Wildman–Crippen LogP) is 0.758. The van der Waals surface area contributed by atoms with Gasteiger partial charge in [0.2, 0.25) is 5.91 Å². The van der Waals surface area contributed by atoms with Gasteiger partial charge in [-0.15, -0.1) is 0 Å². The molecule has 1 heterocycles. The van der Waals surface area contributed by atoms with Gasteiger partial charge >= 0.3 is 17.6 Å². The van der Waals surface area contributed by atoms with E-state index in [1.54, 1.807) is 13.0 Å². The maximum absolute atomic E-state index is 12.3. The number of carbonyl (C=O) groups is 3. The molecular weight excluding hydrogens is 382 g/mol. The second-order valence-electron chi connectivity index (χ2n) is 6.60. The lowest BCUT2D eigenvalue weighted by atomic mass is 10.0. The Hall–Kier alpha value is -3.56. The predicted molar refractivity (Wildman–Crippen MR) is 104 cm³/mol. The number of nitrogens with two attached hydrogens (primary N) is 1. The van der Waals surface area contributed by atoms with Gasteiger partial charge in [-0.3, -0.25) is 4.79 Å². The number of aromatic hydroxyl groups is 1. The number of carboxylic acids is 1. The number of fused-ring (bicyclic) bond motifs is 1. The Kier molecular flexibility index (Phi) is 7.18. The van der Waals surface area contributed by atoms with Crippen LogP contribution in [0, 0.1) is 6.92 Å². The third kappa shape index (κ3) is 5.96. The van der Waals surface area contributed by atoms with E-state index < -0.39 is 29.6 Å². The summed E-state index contributed by atoms with van der Waals surface area (Å²) in [7, 11) is 0. The molecule has 0 fully saturated rings. The minimum absolute atomic E-state index is 0.0547. The number of rotatable bonds is 9. The molecule has 10 nitrogen and oxygen atoms in total. The Morgan fingerprint density at radius 3 is 2.62 bits per heavy atom. The lowest BCUT2D eigenvalue weighted by molar-refractivity contribution is -0.142. The zero-order chi connectivity index (χ0) is 21.6. The lowest BCUT2D eigenvalue weighted by Gasteiger charge is -2.15. The molecule has 10 heteroatoms. The second kappa shape index (κ2) is 9.58. The Morgan fingerprint density at radius 1 is 1.24 bits per heavy atom. The molecule has 0 aliphatic carbocycles. The van der Waals surface area contributed by atoms with Crippen LogP contribution in [0.2, 0.25) is 0 Å². The zero-order valence-electron chi connectivity index (χ0n) is 15.9. The quantitative estimate of drug-likeness (QED) is 0.302. The van der Waals surface area contributed by atoms with Crippen LogP contribution in [-0.2, 0) is 16.0 Å². The normalized spacial score (nSPS) is 11.8. The van der Waals surface area contributed by atoms with Crippen molar-refractivity contribution in [3.05, 3.63) is 39.7 Å². The van der Waals surface area contributed by atoms with Crippen LogP contribution in [0.4, 0.5) is 4.79 Å². The molecule has 1 atom stereocenters. The summed E-state index contributed by atoms with van der Waals surface area (Å²) in [4.78, 5) is 46.5. The fourth-order valence-electron chi connectivity index (χ4n) is 2.94. The van der Waals surface area contributed by atoms with Crippen LogP contribution >= 0.6 is 0 Å². The van der Waals surface area contributed by atoms with Gasteiger partial charge in [-0.25, -0.2) is 14.4 Å². The van der Waals surface area contributed by atoms with Gasteiger partial charge in [0, 0.05) is 18.0 Å². The van der Waals surface area contributed by atoms with Crippen LogP contribution in [0.3, 0.4) is 0 Å². The first-order chi connectivity index (χ1) is 13.7. The first kappa shape index (κ1) is 21.7. The van der Waals surface area contributed by atoms with Crippen molar-refractivity contribution in [1.82, 2.24) is 10.6 Å². The largest absolute Gasteiger partial charge is 0.508 e. The summed E-state index contributed by atoms with van der Waals surface area (Å²) in [5.74, 6) is -1.87. The van der Waals surface area contributed by atoms with Gasteiger partial charge in [-0.1, -0.05) is 0 Å². The number of phenols is 1. The van der Waals surface area contributed by atoms with E-state index in [0.29, 0.717) is 30.3 Å². The molecule has 0 aliphatic heterocycles. The van der Waals surface area contributed by atoms with Crippen LogP contribution in [0.1, 0.15) is 30.4 Å². The molecule has 0 spiro atoms. The highest BCUT2D eigenvalue weighted by molar-refractivity contribution is 5.87. The van der Waals surface area contributed by atoms with Gasteiger partial charge in [0.15, 0.2) is 0 Å². The van der Waals surface area contributed by atoms with E-state index in [1.165, 1.54) is 12.1 Å². The molecule has 1 unspecified atom stereocenters. The monoisotopic (exact) mass is 405 g/mol. The molecule has 2 aromatic rings. The first-order valence-corrected chi connectivity index (χ1v) is 8.99. The van der Waals surface area contributed by atoms with Gasteiger partial charge in [-0.05, 0) is 43.9 Å². The number of benzene rings is 1. The number of unbranched alkanes of at least 4 members (excludes halogenated alkanes) is 1. The molecule has 6 N–H and O–H groups in total. The van der Waals surface area contributed by atoms with Gasteiger partial charge in [0.25, 0.3) is 0 Å². The summed E-state index contributed by atoms with van der Waals surface area (Å²) < 4.78 is 5.16. The first-order valence-electron chi connectivity index (χ1n) is 8.99. The standard InChI is InChI=1S/C19H23N3O7/c1-10-12-6-5-11(23)8-15(12)29-18(27)13(10)9-16(24)22-14(17(25)26)4-2-3-7-21-19(20)28/h5-6,8,14,23H,2-4,7,9H2,1H3,(H,22,24)(H,25,26)(H3,20,21,28). The SMILES string of the molecule is Cc1c(CC(=O)NC(CCCCNC(N)=O)C(=O)O)c(=O)oc2cc(O)ccc12. The summed E-state index contributed by atoms with van der Waals surface area (Å²) in [5.41, 5.74) is 5.06. The number of carbonyl (C=O) groups excluding carboxylic acids is 2. The molecule has 2 rings (SSSR count). The van der Waals surface area contributed by atoms with Gasteiger partial charge < -0.3 is 31.0 Å². The van der Waals surface area contributed by atoms with Crippen LogP contribution in [0.15, 0.2) is 27.4 Å². The van der Waals surface area contributed by atoms with E-state index in [1.807, 2.05) is 0 Å². The molecule has 29 heavy (non-hydrogen) atoms. The maximum Gasteiger partial charge on any atom is 0.340 e. The summed E-state index contributed by atoms with van der Waals surface area (Å²) in [6, 6.07) is 2.53. The highest BCUT2D eigenvalue weighted by Crippen LogP contribution is 2.23. The number of nitrogens with one attached hydrogen (secondary N) is 2. The van der Waals surface area contributed by atoms with Crippen molar-refractivity contribution in [2.75, 3.05) is 6.54 Å². The number of hydrogen-bond donors (Lipinski definition) is 5. The highest BCUT2D eigenvalue weighted by atomic mass is 16.4. The fraction of sp³-hybridized carbons (Fsp3) is 0.368. The number of hydrogen-bond acceptors (Lipinski definition) is 6. The van der Waals surface area contributed by atoms with Gasteiger partial charge in [0.05, 0.1) is 12.0 Å². The molecule has 0 saturated carbocycles. The molecule has 0 radical (unpaired) electrons. The van der Waals surface area contributed by atoms with E-state index in [9.17, 15) is 29.4 Å². The Balaban J connectivity index is 2.04. The molecule has 1 aromatic carbocycles. The van der Waals surface area contributed by atoms with E-state index in [0.717, 1.165) is 0 Å². The minimum Gasteiger partial charge on any atom is -0.508 e. The number of primary amides is 1. The maximum atomic E-state index is 12.3. The molecule has 156 valence electrons. The summed E-state index contributed by atoms with van der Waals surface area (Å²) in [6.45, 7) is 1.96. The average Bonchev–Trinajstić information content (AvgIpc) is 2.63. The Morgan fingerprint density at radius 2 is 1.97 bits per heavy atom. The van der Waals surface area contributed by atoms with Crippen LogP contribution in [0.25, 0.3) is 11.0 Å². The summed E-state index contributed by atoms with van der Waals surface area (Å²) >= 11 is 0. The Bertz CT molecular complexity index is 984. The molecule has 1 aromatic heterocycles. The van der Waals surface area contributed by atoms with Crippen molar-refractivity contribution in [2.24, 2.45) is 5.73 Å². The third-order valence-electron chi connectivity index (χ3n) is 4.46. The molecule has 0 bridgehead atoms. The second-order valence-corrected chi connectivity index (χ2v) is 6.60. The van der Waals surface area contributed by atoms with Gasteiger partial charge in [0.1, 0.15) is 17.4 Å². The number of carboxylic acid groups (broad SMARTS) is 1. The van der Waals surface area contributed by atoms with Crippen molar-refractivity contribution in [1.29, 1.82) is 0 Å². The number of amides is 3. The van der Waals surface area contributed by atoms with E-state index >= 15 is 0 Å². The molecular formula is C19H23N3O7. The van der Waals surface area contributed by atoms with E-state index in [4.69, 9.17) is 10.2 Å². The Labute approximate surface area is 165 Å². The van der Waals surface area contributed by atoms with Crippen molar-refractivity contribution < 1.29 is 29.0 Å². The molecule has 3 amide bonds. The summed E-state index contributed by atoms with van der Waals surface area (Å²) in [6.07, 6.45) is 0.769. The van der Waals surface area contributed by atoms with Crippen molar-refractivity contribution in [3.8, 4) is 5.75 Å². The van der Waals surface area contributed by atoms with E-state index in [2.05, 4.69) is 10.6 Å². The number of urea groups is 1. The van der Waals surface area contributed by atoms with Crippen molar-refractivity contribution in [2.45, 2.75) is 38.6 Å². The number of aliphatic carboxylic acids is 1. The van der Waals surface area contributed by atoms with Crippen LogP contribution in [-0.4, -0.2) is 40.7 Å². The average molecular weight is 405 g/mol. The highest BCUT2D eigenvalue weighted by Gasteiger charge is 2.21. The van der Waals surface area contributed by atoms with Crippen molar-refractivity contribution in [3.63, 3.8) is 0 Å². The lowest BCUT2D eigenvalue weighted by Crippen LogP contribution is -2.42. The molecule has 0 saturated heterocycles. The number of aryl methyl sites for hydroxylation is 1. The topological polar surface area (TPSA) is 172 Å². The minimum atomic E-state index is -1.20. The summed E-state index contributed by atoms with van der Waals surface area (Å²) in [5, 5.41) is 24.2. The molecule has 0 aliphatic rings. The van der Waals surface area contributed by atoms with Gasteiger partial charge in [-0.2, -0.15) is 0 Å². The van der Waals surface area contributed by atoms with E-state index in [-0.39, 0.29) is 29.7 Å². The van der Waals surface area contributed by atoms with Crippen LogP contribution < -0.4 is 22.0 Å². The zero-order valence-corrected chi connectivity index (χ0v) is 15.9. The van der Waals surface area contributed by atoms with Crippen LogP contribution in [0.5, 0.6) is 5.75 Å². The smallest absolute Gasteiger partial charge is 0.340 e. The number of phenolic OH excluding ortho intramolecular Hbond substituents is 1. The fourth-order valence-corrected chi connectivity index (χ4v) is 2.94.